The van der Waals surface area contributed by atoms with Crippen molar-refractivity contribution >= 4 is 46.4 Å². The predicted octanol–water partition coefficient (Wildman–Crippen LogP) is 4.00. The minimum Gasteiger partial charge on any atom is -0.478 e. The van der Waals surface area contributed by atoms with E-state index < -0.39 is 11.9 Å². The molecule has 0 aliphatic heterocycles. The van der Waals surface area contributed by atoms with Crippen LogP contribution in [0.5, 0.6) is 0 Å². The summed E-state index contributed by atoms with van der Waals surface area (Å²) in [6.07, 6.45) is 1.30. The number of benzene rings is 1. The molecule has 0 radical (unpaired) electrons. The number of aromatic carboxylic acids is 2. The second-order valence-corrected chi connectivity index (χ2v) is 8.56. The summed E-state index contributed by atoms with van der Waals surface area (Å²) in [4.78, 5) is 27.4. The van der Waals surface area contributed by atoms with E-state index in [1.807, 2.05) is 17.5 Å². The molecule has 0 amide bonds. The highest BCUT2D eigenvalue weighted by atomic mass is 32.2. The molecule has 3 aromatic heterocycles. The van der Waals surface area contributed by atoms with Crippen LogP contribution in [0.15, 0.2) is 57.5 Å². The van der Waals surface area contributed by atoms with Crippen LogP contribution in [0.2, 0.25) is 0 Å². The minimum absolute atomic E-state index is 0.137. The average Bonchev–Trinajstić information content (AvgIpc) is 3.42. The van der Waals surface area contributed by atoms with Gasteiger partial charge in [0.05, 0.1) is 16.6 Å². The van der Waals surface area contributed by atoms with Gasteiger partial charge in [-0.2, -0.15) is 0 Å². The highest BCUT2D eigenvalue weighted by Crippen LogP contribution is 2.35. The van der Waals surface area contributed by atoms with Crippen LogP contribution in [0.4, 0.5) is 0 Å². The molecule has 0 spiro atoms. The molecular formula is C17H10N4O4S3. The Labute approximate surface area is 170 Å². The lowest BCUT2D eigenvalue weighted by Gasteiger charge is -2.09. The summed E-state index contributed by atoms with van der Waals surface area (Å²) in [5.74, 6) is -1.43. The van der Waals surface area contributed by atoms with Gasteiger partial charge in [0.25, 0.3) is 0 Å². The van der Waals surface area contributed by atoms with Gasteiger partial charge in [-0.25, -0.2) is 14.6 Å². The summed E-state index contributed by atoms with van der Waals surface area (Å²) >= 11 is 3.75. The molecule has 0 aliphatic rings. The summed E-state index contributed by atoms with van der Waals surface area (Å²) in [5, 5.41) is 29.1. The third kappa shape index (κ3) is 3.54. The van der Waals surface area contributed by atoms with Crippen LogP contribution < -0.4 is 0 Å². The van der Waals surface area contributed by atoms with Crippen molar-refractivity contribution in [2.24, 2.45) is 0 Å². The van der Waals surface area contributed by atoms with Gasteiger partial charge >= 0.3 is 11.9 Å². The van der Waals surface area contributed by atoms with Crippen molar-refractivity contribution < 1.29 is 19.8 Å². The topological polar surface area (TPSA) is 118 Å². The number of hydrogen-bond donors (Lipinski definition) is 2. The number of thiazole rings is 1. The summed E-state index contributed by atoms with van der Waals surface area (Å²) < 4.78 is 2.31. The Morgan fingerprint density at radius 2 is 1.82 bits per heavy atom. The number of rotatable bonds is 6. The average molecular weight is 430 g/mol. The van der Waals surface area contributed by atoms with Crippen molar-refractivity contribution in [3.63, 3.8) is 0 Å². The van der Waals surface area contributed by atoms with E-state index in [0.717, 1.165) is 16.2 Å². The third-order valence-electron chi connectivity index (χ3n) is 3.62. The molecule has 1 aromatic carbocycles. The normalized spacial score (nSPS) is 10.9. The van der Waals surface area contributed by atoms with Gasteiger partial charge in [0, 0.05) is 5.69 Å². The van der Waals surface area contributed by atoms with Gasteiger partial charge in [0.15, 0.2) is 10.2 Å². The summed E-state index contributed by atoms with van der Waals surface area (Å²) in [7, 11) is 0. The van der Waals surface area contributed by atoms with Crippen molar-refractivity contribution in [2.45, 2.75) is 9.50 Å². The Morgan fingerprint density at radius 1 is 1.04 bits per heavy atom. The Hall–Kier alpha value is -3.02. The van der Waals surface area contributed by atoms with Crippen molar-refractivity contribution in [1.82, 2.24) is 19.7 Å². The lowest BCUT2D eigenvalue weighted by molar-refractivity contribution is 0.0688. The molecular weight excluding hydrogens is 420 g/mol. The first-order valence-corrected chi connectivity index (χ1v) is 10.2. The van der Waals surface area contributed by atoms with E-state index in [9.17, 15) is 9.59 Å². The van der Waals surface area contributed by atoms with E-state index in [2.05, 4.69) is 15.2 Å². The molecule has 0 unspecified atom stereocenters. The van der Waals surface area contributed by atoms with E-state index in [1.54, 1.807) is 16.7 Å². The predicted molar refractivity (Wildman–Crippen MR) is 105 cm³/mol. The van der Waals surface area contributed by atoms with E-state index in [-0.39, 0.29) is 10.4 Å². The van der Waals surface area contributed by atoms with Crippen LogP contribution in [0.25, 0.3) is 16.4 Å². The van der Waals surface area contributed by atoms with Gasteiger partial charge in [-0.15, -0.1) is 32.9 Å². The zero-order valence-corrected chi connectivity index (χ0v) is 16.3. The van der Waals surface area contributed by atoms with Crippen molar-refractivity contribution in [1.29, 1.82) is 0 Å². The number of nitrogens with zero attached hydrogens (tertiary/aromatic N) is 4. The molecule has 0 saturated carbocycles. The second kappa shape index (κ2) is 7.54. The van der Waals surface area contributed by atoms with Crippen LogP contribution in [-0.4, -0.2) is 41.9 Å². The molecule has 3 heterocycles. The fourth-order valence-electron chi connectivity index (χ4n) is 2.37. The molecule has 28 heavy (non-hydrogen) atoms. The van der Waals surface area contributed by atoms with Gasteiger partial charge in [-0.3, -0.25) is 4.57 Å². The number of thiophene rings is 1. The SMILES string of the molecule is O=C(O)c1ccc(-n2c(Sc3ncc(C(=O)O)s3)nnc2-c2cccs2)cc1. The van der Waals surface area contributed by atoms with Crippen molar-refractivity contribution in [3.05, 3.63) is 58.4 Å². The first-order chi connectivity index (χ1) is 13.5. The van der Waals surface area contributed by atoms with Gasteiger partial charge in [0.2, 0.25) is 5.16 Å². The maximum Gasteiger partial charge on any atom is 0.347 e. The molecule has 11 heteroatoms. The van der Waals surface area contributed by atoms with Gasteiger partial charge in [0.1, 0.15) is 4.88 Å². The highest BCUT2D eigenvalue weighted by molar-refractivity contribution is 8.00. The Kier molecular flexibility index (Phi) is 4.94. The molecule has 0 fully saturated rings. The smallest absolute Gasteiger partial charge is 0.347 e. The first kappa shape index (κ1) is 18.3. The quantitative estimate of drug-likeness (QED) is 0.471. The Bertz CT molecular complexity index is 1150. The molecule has 4 aromatic rings. The molecule has 2 N–H and O–H groups in total. The van der Waals surface area contributed by atoms with E-state index >= 15 is 0 Å². The highest BCUT2D eigenvalue weighted by Gasteiger charge is 2.20. The summed E-state index contributed by atoms with van der Waals surface area (Å²) in [6.45, 7) is 0. The maximum absolute atomic E-state index is 11.1. The lowest BCUT2D eigenvalue weighted by Crippen LogP contribution is -2.01. The van der Waals surface area contributed by atoms with Crippen LogP contribution in [0.1, 0.15) is 20.0 Å². The standard InChI is InChI=1S/C17H10N4O4S3/c22-14(23)9-3-5-10(6-4-9)21-13(11-2-1-7-26-11)19-20-16(21)28-17-18-8-12(27-17)15(24)25/h1-8H,(H,22,23)(H,24,25). The van der Waals surface area contributed by atoms with Crippen LogP contribution >= 0.6 is 34.4 Å². The fraction of sp³-hybridized carbons (Fsp3) is 0. The minimum atomic E-state index is -1.03. The molecule has 0 aliphatic carbocycles. The van der Waals surface area contributed by atoms with Crippen molar-refractivity contribution in [3.8, 4) is 16.4 Å². The molecule has 0 atom stereocenters. The lowest BCUT2D eigenvalue weighted by atomic mass is 10.2. The molecule has 140 valence electrons. The van der Waals surface area contributed by atoms with Crippen molar-refractivity contribution in [2.75, 3.05) is 0 Å². The number of carbonyl (C=O) groups is 2. The van der Waals surface area contributed by atoms with Gasteiger partial charge in [-0.05, 0) is 47.5 Å². The van der Waals surface area contributed by atoms with E-state index in [1.165, 1.54) is 41.4 Å². The molecule has 4 rings (SSSR count). The molecule has 0 bridgehead atoms. The van der Waals surface area contributed by atoms with Crippen LogP contribution in [-0.2, 0) is 0 Å². The molecule has 8 nitrogen and oxygen atoms in total. The largest absolute Gasteiger partial charge is 0.478 e. The second-order valence-electron chi connectivity index (χ2n) is 5.37. The summed E-state index contributed by atoms with van der Waals surface area (Å²) in [5.41, 5.74) is 0.866. The zero-order valence-electron chi connectivity index (χ0n) is 13.8. The van der Waals surface area contributed by atoms with E-state index in [4.69, 9.17) is 10.2 Å². The fourth-order valence-corrected chi connectivity index (χ4v) is 4.84. The number of carboxylic acid groups (broad SMARTS) is 2. The van der Waals surface area contributed by atoms with Crippen LogP contribution in [0.3, 0.4) is 0 Å². The Balaban J connectivity index is 1.78. The number of aromatic nitrogens is 4. The first-order valence-electron chi connectivity index (χ1n) is 7.73. The van der Waals surface area contributed by atoms with E-state index in [0.29, 0.717) is 21.0 Å². The van der Waals surface area contributed by atoms with Crippen LogP contribution in [0, 0.1) is 0 Å². The number of hydrogen-bond acceptors (Lipinski definition) is 8. The Morgan fingerprint density at radius 3 is 2.43 bits per heavy atom. The van der Waals surface area contributed by atoms with Gasteiger partial charge < -0.3 is 10.2 Å². The maximum atomic E-state index is 11.1. The molecule has 0 saturated heterocycles. The summed E-state index contributed by atoms with van der Waals surface area (Å²) in [6, 6.07) is 10.2. The monoisotopic (exact) mass is 430 g/mol. The number of carboxylic acids is 2. The van der Waals surface area contributed by atoms with Gasteiger partial charge in [-0.1, -0.05) is 6.07 Å². The third-order valence-corrected chi connectivity index (χ3v) is 6.49. The zero-order chi connectivity index (χ0) is 19.7.